The molecular formula is C18H23ClN2O4. The number of nitrogens with one attached hydrogen (secondary N) is 1. The first-order valence-corrected chi connectivity index (χ1v) is 8.70. The fraction of sp³-hybridized carbons (Fsp3) is 0.500. The van der Waals surface area contributed by atoms with Crippen LogP contribution >= 0.6 is 11.6 Å². The summed E-state index contributed by atoms with van der Waals surface area (Å²) in [6.45, 7) is 5.00. The standard InChI is InChI=1S/C18H23ClN2O4/c1-12-7-13(2)10-21(9-12)16(22)11-25-17(23)8-20-18(24)14-3-5-15(19)6-4-14/h3-6,12-13H,7-11H2,1-2H3,(H,20,24)/t12-,13-/m0/s1. The van der Waals surface area contributed by atoms with Crippen molar-refractivity contribution in [1.29, 1.82) is 0 Å². The van der Waals surface area contributed by atoms with E-state index in [2.05, 4.69) is 19.2 Å². The molecule has 25 heavy (non-hydrogen) atoms. The molecule has 7 heteroatoms. The van der Waals surface area contributed by atoms with Gasteiger partial charge >= 0.3 is 5.97 Å². The number of carbonyl (C=O) groups excluding carboxylic acids is 3. The van der Waals surface area contributed by atoms with E-state index in [1.54, 1.807) is 29.2 Å². The zero-order chi connectivity index (χ0) is 18.4. The van der Waals surface area contributed by atoms with E-state index in [9.17, 15) is 14.4 Å². The van der Waals surface area contributed by atoms with Gasteiger partial charge in [-0.15, -0.1) is 0 Å². The van der Waals surface area contributed by atoms with Crippen molar-refractivity contribution in [1.82, 2.24) is 10.2 Å². The molecule has 2 atom stereocenters. The van der Waals surface area contributed by atoms with Crippen LogP contribution in [0.15, 0.2) is 24.3 Å². The Kier molecular flexibility index (Phi) is 6.82. The van der Waals surface area contributed by atoms with Gasteiger partial charge in [-0.05, 0) is 42.5 Å². The molecule has 6 nitrogen and oxygen atoms in total. The van der Waals surface area contributed by atoms with E-state index >= 15 is 0 Å². The molecule has 1 aromatic carbocycles. The Morgan fingerprint density at radius 2 is 1.76 bits per heavy atom. The summed E-state index contributed by atoms with van der Waals surface area (Å²) in [7, 11) is 0. The molecule has 0 spiro atoms. The number of ether oxygens (including phenoxy) is 1. The smallest absolute Gasteiger partial charge is 0.325 e. The molecule has 1 aliphatic rings. The van der Waals surface area contributed by atoms with Gasteiger partial charge in [0.2, 0.25) is 0 Å². The van der Waals surface area contributed by atoms with Crippen LogP contribution in [0.3, 0.4) is 0 Å². The lowest BCUT2D eigenvalue weighted by molar-refractivity contribution is -0.152. The normalized spacial score (nSPS) is 20.0. The second kappa shape index (κ2) is 8.85. The highest BCUT2D eigenvalue weighted by Gasteiger charge is 2.25. The highest BCUT2D eigenvalue weighted by atomic mass is 35.5. The van der Waals surface area contributed by atoms with Gasteiger partial charge in [0.1, 0.15) is 6.54 Å². The predicted molar refractivity (Wildman–Crippen MR) is 94.3 cm³/mol. The number of esters is 1. The second-order valence-electron chi connectivity index (χ2n) is 6.60. The summed E-state index contributed by atoms with van der Waals surface area (Å²) in [6, 6.07) is 6.30. The molecule has 1 aromatic rings. The minimum Gasteiger partial charge on any atom is -0.454 e. The van der Waals surface area contributed by atoms with E-state index < -0.39 is 11.9 Å². The van der Waals surface area contributed by atoms with Gasteiger partial charge in [-0.2, -0.15) is 0 Å². The SMILES string of the molecule is C[C@H]1C[C@H](C)CN(C(=O)COC(=O)CNC(=O)c2ccc(Cl)cc2)C1. The Morgan fingerprint density at radius 1 is 1.16 bits per heavy atom. The van der Waals surface area contributed by atoms with Gasteiger partial charge in [0.25, 0.3) is 11.8 Å². The van der Waals surface area contributed by atoms with E-state index in [-0.39, 0.29) is 19.1 Å². The van der Waals surface area contributed by atoms with E-state index in [1.165, 1.54) is 0 Å². The summed E-state index contributed by atoms with van der Waals surface area (Å²) in [5, 5.41) is 2.98. The summed E-state index contributed by atoms with van der Waals surface area (Å²) in [5.41, 5.74) is 0.393. The van der Waals surface area contributed by atoms with Crippen molar-refractivity contribution >= 4 is 29.4 Å². The predicted octanol–water partition coefficient (Wildman–Crippen LogP) is 2.12. The van der Waals surface area contributed by atoms with Gasteiger partial charge in [-0.3, -0.25) is 14.4 Å². The molecule has 0 radical (unpaired) electrons. The lowest BCUT2D eigenvalue weighted by atomic mass is 9.92. The van der Waals surface area contributed by atoms with Crippen molar-refractivity contribution in [2.75, 3.05) is 26.2 Å². The van der Waals surface area contributed by atoms with Crippen LogP contribution in [0.1, 0.15) is 30.6 Å². The number of hydrogen-bond acceptors (Lipinski definition) is 4. The fourth-order valence-electron chi connectivity index (χ4n) is 3.01. The van der Waals surface area contributed by atoms with Crippen LogP contribution in [0.25, 0.3) is 0 Å². The van der Waals surface area contributed by atoms with Crippen molar-refractivity contribution in [2.24, 2.45) is 11.8 Å². The molecule has 1 saturated heterocycles. The third kappa shape index (κ3) is 6.05. The van der Waals surface area contributed by atoms with Gasteiger partial charge in [0.05, 0.1) is 0 Å². The Morgan fingerprint density at radius 3 is 2.36 bits per heavy atom. The van der Waals surface area contributed by atoms with Gasteiger partial charge in [-0.25, -0.2) is 0 Å². The highest BCUT2D eigenvalue weighted by Crippen LogP contribution is 2.20. The first-order chi connectivity index (χ1) is 11.8. The number of halogens is 1. The minimum absolute atomic E-state index is 0.198. The molecule has 1 fully saturated rings. The van der Waals surface area contributed by atoms with Gasteiger partial charge in [0.15, 0.2) is 6.61 Å². The summed E-state index contributed by atoms with van der Waals surface area (Å²) in [5.74, 6) is -0.354. The third-order valence-electron chi connectivity index (χ3n) is 4.08. The number of piperidine rings is 1. The van der Waals surface area contributed by atoms with Crippen LogP contribution in [0.2, 0.25) is 5.02 Å². The summed E-state index contributed by atoms with van der Waals surface area (Å²) in [6.07, 6.45) is 1.10. The lowest BCUT2D eigenvalue weighted by Gasteiger charge is -2.34. The maximum absolute atomic E-state index is 12.1. The van der Waals surface area contributed by atoms with Crippen LogP contribution in [0.5, 0.6) is 0 Å². The second-order valence-corrected chi connectivity index (χ2v) is 7.03. The lowest BCUT2D eigenvalue weighted by Crippen LogP contribution is -2.44. The molecule has 0 aromatic heterocycles. The van der Waals surface area contributed by atoms with Gasteiger partial charge in [-0.1, -0.05) is 25.4 Å². The molecule has 1 heterocycles. The first-order valence-electron chi connectivity index (χ1n) is 8.32. The summed E-state index contributed by atoms with van der Waals surface area (Å²) < 4.78 is 4.97. The third-order valence-corrected chi connectivity index (χ3v) is 4.33. The van der Waals surface area contributed by atoms with Crippen LogP contribution in [-0.2, 0) is 14.3 Å². The number of benzene rings is 1. The van der Waals surface area contributed by atoms with Crippen molar-refractivity contribution in [3.05, 3.63) is 34.9 Å². The Hall–Kier alpha value is -2.08. The molecule has 1 aliphatic heterocycles. The Bertz CT molecular complexity index is 622. The van der Waals surface area contributed by atoms with E-state index in [0.717, 1.165) is 6.42 Å². The molecule has 0 saturated carbocycles. The zero-order valence-electron chi connectivity index (χ0n) is 14.5. The minimum atomic E-state index is -0.645. The number of carbonyl (C=O) groups is 3. The number of likely N-dealkylation sites (tertiary alicyclic amines) is 1. The molecule has 0 unspecified atom stereocenters. The summed E-state index contributed by atoms with van der Waals surface area (Å²) >= 11 is 5.76. The van der Waals surface area contributed by atoms with Crippen molar-refractivity contribution in [3.63, 3.8) is 0 Å². The zero-order valence-corrected chi connectivity index (χ0v) is 15.2. The van der Waals surface area contributed by atoms with E-state index in [4.69, 9.17) is 16.3 Å². The van der Waals surface area contributed by atoms with Crippen LogP contribution in [0, 0.1) is 11.8 Å². The molecular weight excluding hydrogens is 344 g/mol. The molecule has 1 N–H and O–H groups in total. The number of nitrogens with zero attached hydrogens (tertiary/aromatic N) is 1. The molecule has 0 aliphatic carbocycles. The average molecular weight is 367 g/mol. The fourth-order valence-corrected chi connectivity index (χ4v) is 3.13. The first kappa shape index (κ1) is 19.2. The van der Waals surface area contributed by atoms with Gasteiger partial charge < -0.3 is 15.0 Å². The number of amides is 2. The van der Waals surface area contributed by atoms with E-state index in [0.29, 0.717) is 35.5 Å². The van der Waals surface area contributed by atoms with E-state index in [1.807, 2.05) is 0 Å². The van der Waals surface area contributed by atoms with Crippen molar-refractivity contribution in [3.8, 4) is 0 Å². The quantitative estimate of drug-likeness (QED) is 0.810. The molecule has 0 bridgehead atoms. The van der Waals surface area contributed by atoms with Gasteiger partial charge in [0, 0.05) is 23.7 Å². The molecule has 136 valence electrons. The van der Waals surface area contributed by atoms with Crippen molar-refractivity contribution < 1.29 is 19.1 Å². The average Bonchev–Trinajstić information content (AvgIpc) is 2.57. The van der Waals surface area contributed by atoms with Crippen LogP contribution in [-0.4, -0.2) is 48.9 Å². The molecule has 2 rings (SSSR count). The largest absolute Gasteiger partial charge is 0.454 e. The highest BCUT2D eigenvalue weighted by molar-refractivity contribution is 6.30. The molecule has 2 amide bonds. The van der Waals surface area contributed by atoms with Crippen molar-refractivity contribution in [2.45, 2.75) is 20.3 Å². The Labute approximate surface area is 152 Å². The topological polar surface area (TPSA) is 75.7 Å². The monoisotopic (exact) mass is 366 g/mol. The van der Waals surface area contributed by atoms with Crippen LogP contribution in [0.4, 0.5) is 0 Å². The summed E-state index contributed by atoms with van der Waals surface area (Å²) in [4.78, 5) is 37.5. The van der Waals surface area contributed by atoms with Crippen LogP contribution < -0.4 is 5.32 Å². The number of hydrogen-bond donors (Lipinski definition) is 1. The number of rotatable bonds is 5. The Balaban J connectivity index is 1.72. The maximum atomic E-state index is 12.1. The maximum Gasteiger partial charge on any atom is 0.325 e.